The standard InChI is InChI=1S/2C5HF3O3/c2*6-5(7,8)2-1-3(9)11-4(2)10/h2*1H. The Bertz CT molecular complexity index is 554. The summed E-state index contributed by atoms with van der Waals surface area (Å²) < 4.78 is 77.2. The maximum atomic E-state index is 11.7. The fourth-order valence-corrected chi connectivity index (χ4v) is 1.10. The van der Waals surface area contributed by atoms with Gasteiger partial charge in [-0.05, 0) is 0 Å². The summed E-state index contributed by atoms with van der Waals surface area (Å²) >= 11 is 0. The minimum absolute atomic E-state index is 0.127. The van der Waals surface area contributed by atoms with Crippen LogP contribution in [0.2, 0.25) is 0 Å². The third kappa shape index (κ3) is 4.17. The molecule has 0 unspecified atom stereocenters. The predicted molar refractivity (Wildman–Crippen MR) is 50.5 cm³/mol. The molecule has 2 aliphatic rings. The van der Waals surface area contributed by atoms with Gasteiger partial charge >= 0.3 is 36.2 Å². The molecule has 0 aromatic carbocycles. The predicted octanol–water partition coefficient (Wildman–Crippen LogP) is 1.12. The van der Waals surface area contributed by atoms with Crippen LogP contribution in [0.3, 0.4) is 0 Å². The molecule has 120 valence electrons. The van der Waals surface area contributed by atoms with Gasteiger partial charge in [-0.1, -0.05) is 0 Å². The lowest BCUT2D eigenvalue weighted by atomic mass is 10.3. The van der Waals surface area contributed by atoms with Gasteiger partial charge in [-0.2, -0.15) is 26.3 Å². The Balaban J connectivity index is 0.000000220. The zero-order valence-electron chi connectivity index (χ0n) is 9.87. The van der Waals surface area contributed by atoms with Crippen LogP contribution in [-0.4, -0.2) is 36.2 Å². The van der Waals surface area contributed by atoms with Crippen molar-refractivity contribution in [3.63, 3.8) is 0 Å². The normalized spacial score (nSPS) is 18.3. The molecule has 0 aliphatic carbocycles. The Kier molecular flexibility index (Phi) is 4.44. The van der Waals surface area contributed by atoms with Crippen molar-refractivity contribution in [2.45, 2.75) is 12.4 Å². The van der Waals surface area contributed by atoms with E-state index in [-0.39, 0.29) is 12.2 Å². The number of hydrogen-bond acceptors (Lipinski definition) is 6. The molecule has 0 saturated carbocycles. The average Bonchev–Trinajstić information content (AvgIpc) is 2.80. The van der Waals surface area contributed by atoms with Gasteiger partial charge in [-0.3, -0.25) is 0 Å². The van der Waals surface area contributed by atoms with Crippen molar-refractivity contribution in [3.8, 4) is 0 Å². The van der Waals surface area contributed by atoms with Crippen molar-refractivity contribution in [2.75, 3.05) is 0 Å². The first-order valence-electron chi connectivity index (χ1n) is 4.92. The molecule has 2 heterocycles. The zero-order valence-corrected chi connectivity index (χ0v) is 9.87. The number of ether oxygens (including phenoxy) is 2. The molecule has 0 aromatic heterocycles. The maximum Gasteiger partial charge on any atom is 0.423 e. The smallest absolute Gasteiger partial charge is 0.386 e. The van der Waals surface area contributed by atoms with Gasteiger partial charge in [-0.25, -0.2) is 19.2 Å². The quantitative estimate of drug-likeness (QED) is 0.375. The summed E-state index contributed by atoms with van der Waals surface area (Å²) in [7, 11) is 0. The highest BCUT2D eigenvalue weighted by Crippen LogP contribution is 2.29. The molecule has 0 amide bonds. The lowest BCUT2D eigenvalue weighted by Crippen LogP contribution is -2.17. The Labute approximate surface area is 116 Å². The number of halogens is 6. The van der Waals surface area contributed by atoms with E-state index in [4.69, 9.17) is 0 Å². The molecule has 6 nitrogen and oxygen atoms in total. The van der Waals surface area contributed by atoms with E-state index >= 15 is 0 Å². The molecule has 2 aliphatic heterocycles. The van der Waals surface area contributed by atoms with Crippen LogP contribution in [0.4, 0.5) is 26.3 Å². The monoisotopic (exact) mass is 332 g/mol. The maximum absolute atomic E-state index is 11.7. The molecule has 0 bridgehead atoms. The first-order chi connectivity index (χ1) is 9.82. The van der Waals surface area contributed by atoms with Gasteiger partial charge in [0.05, 0.1) is 0 Å². The van der Waals surface area contributed by atoms with Crippen LogP contribution in [0.15, 0.2) is 23.3 Å². The summed E-state index contributed by atoms with van der Waals surface area (Å²) in [4.78, 5) is 40.6. The first kappa shape index (κ1) is 17.4. The van der Waals surface area contributed by atoms with Crippen LogP contribution >= 0.6 is 0 Å². The van der Waals surface area contributed by atoms with E-state index in [2.05, 4.69) is 9.47 Å². The molecule has 12 heteroatoms. The van der Waals surface area contributed by atoms with Crippen molar-refractivity contribution < 1.29 is 55.0 Å². The largest absolute Gasteiger partial charge is 0.423 e. The van der Waals surface area contributed by atoms with Crippen LogP contribution in [0, 0.1) is 0 Å². The zero-order chi connectivity index (χ0) is 17.3. The van der Waals surface area contributed by atoms with E-state index in [1.54, 1.807) is 0 Å². The Morgan fingerprint density at radius 3 is 1.00 bits per heavy atom. The van der Waals surface area contributed by atoms with E-state index < -0.39 is 47.4 Å². The average molecular weight is 332 g/mol. The van der Waals surface area contributed by atoms with Crippen LogP contribution in [0.5, 0.6) is 0 Å². The molecule has 0 fully saturated rings. The summed E-state index contributed by atoms with van der Waals surface area (Å²) in [5.41, 5.74) is -3.11. The van der Waals surface area contributed by atoms with Gasteiger partial charge in [0, 0.05) is 12.2 Å². The number of carbonyl (C=O) groups excluding carboxylic acids is 4. The van der Waals surface area contributed by atoms with Crippen molar-refractivity contribution in [2.24, 2.45) is 0 Å². The third-order valence-corrected chi connectivity index (χ3v) is 1.96. The van der Waals surface area contributed by atoms with Crippen LogP contribution in [-0.2, 0) is 28.7 Å². The van der Waals surface area contributed by atoms with Crippen molar-refractivity contribution in [1.82, 2.24) is 0 Å². The number of cyclic esters (lactones) is 4. The second-order valence-electron chi connectivity index (χ2n) is 3.53. The molecular formula is C10H2F6O6. The van der Waals surface area contributed by atoms with Crippen LogP contribution < -0.4 is 0 Å². The SMILES string of the molecule is O=C1C=C(C(F)(F)F)C(=O)O1.O=C1C=C(C(F)(F)F)C(=O)O1. The summed E-state index contributed by atoms with van der Waals surface area (Å²) in [5.74, 6) is -5.82. The fraction of sp³-hybridized carbons (Fsp3) is 0.200. The number of carbonyl (C=O) groups is 4. The minimum Gasteiger partial charge on any atom is -0.386 e. The molecule has 0 N–H and O–H groups in total. The minimum atomic E-state index is -4.80. The number of alkyl halides is 6. The number of hydrogen-bond donors (Lipinski definition) is 0. The van der Waals surface area contributed by atoms with E-state index in [1.165, 1.54) is 0 Å². The lowest BCUT2D eigenvalue weighted by molar-refractivity contribution is -0.157. The van der Waals surface area contributed by atoms with Crippen LogP contribution in [0.25, 0.3) is 0 Å². The molecule has 0 atom stereocenters. The Hall–Kier alpha value is -2.66. The molecule has 0 radical (unpaired) electrons. The highest BCUT2D eigenvalue weighted by atomic mass is 19.4. The second kappa shape index (κ2) is 5.61. The topological polar surface area (TPSA) is 86.7 Å². The lowest BCUT2D eigenvalue weighted by Gasteiger charge is -2.01. The van der Waals surface area contributed by atoms with Gasteiger partial charge in [0.25, 0.3) is 0 Å². The van der Waals surface area contributed by atoms with Crippen molar-refractivity contribution >= 4 is 23.9 Å². The molecule has 0 spiro atoms. The van der Waals surface area contributed by atoms with E-state index in [0.717, 1.165) is 0 Å². The summed E-state index contributed by atoms with van der Waals surface area (Å²) in [6.07, 6.45) is -9.35. The van der Waals surface area contributed by atoms with Crippen molar-refractivity contribution in [1.29, 1.82) is 0 Å². The molecule has 2 rings (SSSR count). The second-order valence-corrected chi connectivity index (χ2v) is 3.53. The molecular weight excluding hydrogens is 330 g/mol. The third-order valence-electron chi connectivity index (χ3n) is 1.96. The first-order valence-corrected chi connectivity index (χ1v) is 4.92. The Morgan fingerprint density at radius 2 is 0.909 bits per heavy atom. The Morgan fingerprint density at radius 1 is 0.636 bits per heavy atom. The number of esters is 4. The summed E-state index contributed by atoms with van der Waals surface area (Å²) in [5, 5.41) is 0. The van der Waals surface area contributed by atoms with Crippen LogP contribution in [0.1, 0.15) is 0 Å². The van der Waals surface area contributed by atoms with E-state index in [0.29, 0.717) is 0 Å². The van der Waals surface area contributed by atoms with E-state index in [9.17, 15) is 45.5 Å². The highest BCUT2D eigenvalue weighted by Gasteiger charge is 2.45. The van der Waals surface area contributed by atoms with Gasteiger partial charge in [-0.15, -0.1) is 0 Å². The van der Waals surface area contributed by atoms with Gasteiger partial charge in [0.1, 0.15) is 11.1 Å². The molecule has 0 saturated heterocycles. The van der Waals surface area contributed by atoms with E-state index in [1.807, 2.05) is 0 Å². The molecule has 0 aromatic rings. The van der Waals surface area contributed by atoms with Crippen molar-refractivity contribution in [3.05, 3.63) is 23.3 Å². The molecule has 22 heavy (non-hydrogen) atoms. The van der Waals surface area contributed by atoms with Gasteiger partial charge in [0.15, 0.2) is 0 Å². The van der Waals surface area contributed by atoms with Gasteiger partial charge in [0.2, 0.25) is 0 Å². The number of rotatable bonds is 0. The highest BCUT2D eigenvalue weighted by molar-refractivity contribution is 6.10. The van der Waals surface area contributed by atoms with Gasteiger partial charge < -0.3 is 9.47 Å². The summed E-state index contributed by atoms with van der Waals surface area (Å²) in [6, 6.07) is 0. The fourth-order valence-electron chi connectivity index (χ4n) is 1.10. The summed E-state index contributed by atoms with van der Waals surface area (Å²) in [6.45, 7) is 0.